The van der Waals surface area contributed by atoms with E-state index >= 15 is 0 Å². The van der Waals surface area contributed by atoms with E-state index in [1.165, 1.54) is 30.5 Å². The summed E-state index contributed by atoms with van der Waals surface area (Å²) in [6.07, 6.45) is 0.464. The molecule has 0 saturated heterocycles. The van der Waals surface area contributed by atoms with Crippen LogP contribution in [0.5, 0.6) is 0 Å². The number of aliphatic hydroxyl groups excluding tert-OH is 1. The van der Waals surface area contributed by atoms with Gasteiger partial charge in [0, 0.05) is 6.54 Å². The topological polar surface area (TPSA) is 75.1 Å². The molecule has 0 saturated carbocycles. The molecular weight excluding hydrogens is 257 g/mol. The molecule has 1 aromatic heterocycles. The van der Waals surface area contributed by atoms with Gasteiger partial charge in [-0.15, -0.1) is 0 Å². The van der Waals surface area contributed by atoms with Gasteiger partial charge in [-0.1, -0.05) is 12.1 Å². The van der Waals surface area contributed by atoms with Crippen molar-refractivity contribution >= 4 is 17.6 Å². The van der Waals surface area contributed by atoms with Gasteiger partial charge in [0.1, 0.15) is 5.82 Å². The van der Waals surface area contributed by atoms with E-state index in [4.69, 9.17) is 0 Å². The molecule has 0 fully saturated rings. The van der Waals surface area contributed by atoms with E-state index in [0.717, 1.165) is 11.7 Å². The maximum absolute atomic E-state index is 12.7. The molecule has 1 aromatic carbocycles. The van der Waals surface area contributed by atoms with Gasteiger partial charge in [-0.3, -0.25) is 4.79 Å². The van der Waals surface area contributed by atoms with Crippen molar-refractivity contribution in [2.24, 2.45) is 0 Å². The van der Waals surface area contributed by atoms with Crippen LogP contribution in [0, 0.1) is 5.82 Å². The molecule has 0 spiro atoms. The SMILES string of the molecule is O=C(NCC(O)c1ccc(F)cc1)c1cnsn1. The van der Waals surface area contributed by atoms with Gasteiger partial charge in [-0.25, -0.2) is 4.39 Å². The molecule has 5 nitrogen and oxygen atoms in total. The number of amides is 1. The van der Waals surface area contributed by atoms with E-state index in [1.807, 2.05) is 0 Å². The molecule has 0 aliphatic heterocycles. The van der Waals surface area contributed by atoms with Crippen LogP contribution in [0.25, 0.3) is 0 Å². The number of nitrogens with one attached hydrogen (secondary N) is 1. The van der Waals surface area contributed by atoms with Gasteiger partial charge in [-0.05, 0) is 17.7 Å². The predicted octanol–water partition coefficient (Wildman–Crippen LogP) is 1.14. The number of nitrogens with zero attached hydrogens (tertiary/aromatic N) is 2. The Kier molecular flexibility index (Phi) is 3.96. The lowest BCUT2D eigenvalue weighted by atomic mass is 10.1. The minimum absolute atomic E-state index is 0.0298. The molecule has 1 atom stereocenters. The number of benzene rings is 1. The Labute approximate surface area is 107 Å². The number of aliphatic hydroxyl groups is 1. The summed E-state index contributed by atoms with van der Waals surface area (Å²) in [5, 5.41) is 12.3. The van der Waals surface area contributed by atoms with E-state index < -0.39 is 12.0 Å². The minimum Gasteiger partial charge on any atom is -0.387 e. The van der Waals surface area contributed by atoms with Crippen molar-refractivity contribution < 1.29 is 14.3 Å². The molecule has 2 N–H and O–H groups in total. The second kappa shape index (κ2) is 5.65. The number of carbonyl (C=O) groups is 1. The van der Waals surface area contributed by atoms with Gasteiger partial charge in [-0.2, -0.15) is 8.75 Å². The minimum atomic E-state index is -0.888. The van der Waals surface area contributed by atoms with Gasteiger partial charge in [0.15, 0.2) is 5.69 Å². The average molecular weight is 267 g/mol. The lowest BCUT2D eigenvalue weighted by molar-refractivity contribution is 0.0912. The van der Waals surface area contributed by atoms with Crippen molar-refractivity contribution in [3.05, 3.63) is 47.5 Å². The van der Waals surface area contributed by atoms with Crippen LogP contribution in [0.2, 0.25) is 0 Å². The maximum atomic E-state index is 12.7. The van der Waals surface area contributed by atoms with E-state index in [-0.39, 0.29) is 18.1 Å². The fourth-order valence-corrected chi connectivity index (χ4v) is 1.76. The summed E-state index contributed by atoms with van der Waals surface area (Å²) >= 11 is 0.935. The van der Waals surface area contributed by atoms with Gasteiger partial charge in [0.25, 0.3) is 5.91 Å². The van der Waals surface area contributed by atoms with Crippen LogP contribution in [0.4, 0.5) is 4.39 Å². The number of halogens is 1. The maximum Gasteiger partial charge on any atom is 0.272 e. The molecule has 0 bridgehead atoms. The zero-order valence-corrected chi connectivity index (χ0v) is 10.0. The van der Waals surface area contributed by atoms with Crippen molar-refractivity contribution in [1.29, 1.82) is 0 Å². The highest BCUT2D eigenvalue weighted by molar-refractivity contribution is 6.99. The van der Waals surface area contributed by atoms with Crippen LogP contribution in [-0.4, -0.2) is 26.3 Å². The Balaban J connectivity index is 1.90. The molecule has 0 radical (unpaired) electrons. The third kappa shape index (κ3) is 3.08. The summed E-state index contributed by atoms with van der Waals surface area (Å²) in [6.45, 7) is 0.0298. The monoisotopic (exact) mass is 267 g/mol. The molecule has 18 heavy (non-hydrogen) atoms. The van der Waals surface area contributed by atoms with Gasteiger partial charge in [0.2, 0.25) is 0 Å². The second-order valence-corrected chi connectivity index (χ2v) is 4.13. The number of rotatable bonds is 4. The van der Waals surface area contributed by atoms with Crippen molar-refractivity contribution in [3.8, 4) is 0 Å². The predicted molar refractivity (Wildman–Crippen MR) is 63.6 cm³/mol. The smallest absolute Gasteiger partial charge is 0.272 e. The summed E-state index contributed by atoms with van der Waals surface area (Å²) in [4.78, 5) is 11.5. The van der Waals surface area contributed by atoms with Crippen molar-refractivity contribution in [2.75, 3.05) is 6.54 Å². The first-order valence-corrected chi connectivity index (χ1v) is 5.89. The quantitative estimate of drug-likeness (QED) is 0.871. The molecular formula is C11H10FN3O2S. The molecule has 1 heterocycles. The highest BCUT2D eigenvalue weighted by Gasteiger charge is 2.12. The third-order valence-corrected chi connectivity index (χ3v) is 2.78. The van der Waals surface area contributed by atoms with Crippen LogP contribution in [0.3, 0.4) is 0 Å². The van der Waals surface area contributed by atoms with E-state index in [9.17, 15) is 14.3 Å². The zero-order valence-electron chi connectivity index (χ0n) is 9.21. The first kappa shape index (κ1) is 12.6. The lowest BCUT2D eigenvalue weighted by Gasteiger charge is -2.11. The van der Waals surface area contributed by atoms with E-state index in [0.29, 0.717) is 5.56 Å². The number of hydrogen-bond acceptors (Lipinski definition) is 5. The molecule has 94 valence electrons. The summed E-state index contributed by atoms with van der Waals surface area (Å²) < 4.78 is 20.2. The molecule has 7 heteroatoms. The molecule has 0 aliphatic carbocycles. The Bertz CT molecular complexity index is 516. The standard InChI is InChI=1S/C11H10FN3O2S/c12-8-3-1-7(2-4-8)10(16)6-13-11(17)9-5-14-18-15-9/h1-5,10,16H,6H2,(H,13,17). The molecule has 2 rings (SSSR count). The van der Waals surface area contributed by atoms with E-state index in [2.05, 4.69) is 14.1 Å². The highest BCUT2D eigenvalue weighted by atomic mass is 32.1. The van der Waals surface area contributed by atoms with Crippen LogP contribution in [-0.2, 0) is 0 Å². The zero-order chi connectivity index (χ0) is 13.0. The fourth-order valence-electron chi connectivity index (χ4n) is 1.35. The Morgan fingerprint density at radius 2 is 2.17 bits per heavy atom. The van der Waals surface area contributed by atoms with Crippen molar-refractivity contribution in [1.82, 2.24) is 14.1 Å². The lowest BCUT2D eigenvalue weighted by Crippen LogP contribution is -2.28. The van der Waals surface area contributed by atoms with Crippen molar-refractivity contribution in [2.45, 2.75) is 6.10 Å². The first-order chi connectivity index (χ1) is 8.66. The first-order valence-electron chi connectivity index (χ1n) is 5.16. The fraction of sp³-hybridized carbons (Fsp3) is 0.182. The molecule has 1 amide bonds. The summed E-state index contributed by atoms with van der Waals surface area (Å²) in [5.74, 6) is -0.770. The summed E-state index contributed by atoms with van der Waals surface area (Å²) in [7, 11) is 0. The third-order valence-electron chi connectivity index (χ3n) is 2.30. The second-order valence-electron chi connectivity index (χ2n) is 3.57. The van der Waals surface area contributed by atoms with Crippen LogP contribution in [0.1, 0.15) is 22.2 Å². The average Bonchev–Trinajstić information content (AvgIpc) is 2.90. The van der Waals surface area contributed by atoms with Gasteiger partial charge < -0.3 is 10.4 Å². The summed E-state index contributed by atoms with van der Waals surface area (Å²) in [6, 6.07) is 5.45. The van der Waals surface area contributed by atoms with E-state index in [1.54, 1.807) is 0 Å². The Morgan fingerprint density at radius 1 is 1.44 bits per heavy atom. The summed E-state index contributed by atoms with van der Waals surface area (Å²) in [5.41, 5.74) is 0.749. The molecule has 1 unspecified atom stereocenters. The van der Waals surface area contributed by atoms with Crippen LogP contribution in [0.15, 0.2) is 30.5 Å². The normalized spacial score (nSPS) is 12.1. The van der Waals surface area contributed by atoms with Crippen LogP contribution >= 0.6 is 11.7 Å². The Morgan fingerprint density at radius 3 is 2.78 bits per heavy atom. The molecule has 2 aromatic rings. The largest absolute Gasteiger partial charge is 0.387 e. The van der Waals surface area contributed by atoms with Gasteiger partial charge in [0.05, 0.1) is 24.0 Å². The van der Waals surface area contributed by atoms with Crippen molar-refractivity contribution in [3.63, 3.8) is 0 Å². The molecule has 0 aliphatic rings. The number of hydrogen-bond donors (Lipinski definition) is 2. The van der Waals surface area contributed by atoms with Crippen LogP contribution < -0.4 is 5.32 Å². The van der Waals surface area contributed by atoms with Gasteiger partial charge >= 0.3 is 0 Å². The highest BCUT2D eigenvalue weighted by Crippen LogP contribution is 2.12. The number of carbonyl (C=O) groups excluding carboxylic acids is 1. The number of aromatic nitrogens is 2. The Hall–Kier alpha value is -1.86.